The summed E-state index contributed by atoms with van der Waals surface area (Å²) in [7, 11) is 1.79. The van der Waals surface area contributed by atoms with Gasteiger partial charge in [-0.1, -0.05) is 12.8 Å². The van der Waals surface area contributed by atoms with Crippen molar-refractivity contribution >= 4 is 35.8 Å². The van der Waals surface area contributed by atoms with Crippen molar-refractivity contribution in [3.63, 3.8) is 0 Å². The molecule has 1 aliphatic heterocycles. The molecule has 0 aromatic rings. The number of nitrogens with one attached hydrogen (secondary N) is 2. The Morgan fingerprint density at radius 2 is 1.82 bits per heavy atom. The van der Waals surface area contributed by atoms with E-state index in [0.29, 0.717) is 5.41 Å². The molecule has 7 nitrogen and oxygen atoms in total. The molecule has 2 N–H and O–H groups in total. The standard InChI is InChI=1S/C20H39N5O2.HI/c1-4-21-19(23-17-20(9-16-27-3)7-5-6-8-20)22-10-11-24-12-14-25(15-13-24)18(2)26;/h4-17H2,1-3H3,(H2,21,22,23);1H. The van der Waals surface area contributed by atoms with E-state index >= 15 is 0 Å². The van der Waals surface area contributed by atoms with Crippen molar-refractivity contribution < 1.29 is 9.53 Å². The van der Waals surface area contributed by atoms with Gasteiger partial charge < -0.3 is 20.3 Å². The van der Waals surface area contributed by atoms with Gasteiger partial charge >= 0.3 is 0 Å². The first-order valence-corrected chi connectivity index (χ1v) is 10.6. The molecular weight excluding hydrogens is 469 g/mol. The normalized spacial score (nSPS) is 20.0. The molecule has 1 aliphatic carbocycles. The fraction of sp³-hybridized carbons (Fsp3) is 0.900. The van der Waals surface area contributed by atoms with Crippen LogP contribution in [0, 0.1) is 5.41 Å². The second kappa shape index (κ2) is 13.6. The highest BCUT2D eigenvalue weighted by atomic mass is 127. The predicted molar refractivity (Wildman–Crippen MR) is 125 cm³/mol. The predicted octanol–water partition coefficient (Wildman–Crippen LogP) is 1.92. The van der Waals surface area contributed by atoms with Gasteiger partial charge in [0.15, 0.2) is 5.96 Å². The number of guanidine groups is 1. The third-order valence-corrected chi connectivity index (χ3v) is 5.96. The van der Waals surface area contributed by atoms with Gasteiger partial charge in [-0.3, -0.25) is 14.7 Å². The molecule has 28 heavy (non-hydrogen) atoms. The number of ether oxygens (including phenoxy) is 1. The number of nitrogens with zero attached hydrogens (tertiary/aromatic N) is 3. The zero-order valence-electron chi connectivity index (χ0n) is 18.0. The number of methoxy groups -OCH3 is 1. The number of halogens is 1. The maximum atomic E-state index is 11.4. The number of hydrogen-bond acceptors (Lipinski definition) is 4. The van der Waals surface area contributed by atoms with Gasteiger partial charge in [-0.05, 0) is 31.6 Å². The Hall–Kier alpha value is -0.610. The maximum Gasteiger partial charge on any atom is 0.219 e. The topological polar surface area (TPSA) is 69.2 Å². The van der Waals surface area contributed by atoms with Gasteiger partial charge in [0.1, 0.15) is 0 Å². The van der Waals surface area contributed by atoms with Crippen LogP contribution in [0.3, 0.4) is 0 Å². The molecule has 2 fully saturated rings. The number of hydrogen-bond donors (Lipinski definition) is 2. The lowest BCUT2D eigenvalue weighted by atomic mass is 9.83. The van der Waals surface area contributed by atoms with Gasteiger partial charge in [-0.2, -0.15) is 0 Å². The first-order chi connectivity index (χ1) is 13.1. The van der Waals surface area contributed by atoms with E-state index in [9.17, 15) is 4.79 Å². The highest BCUT2D eigenvalue weighted by Gasteiger charge is 2.33. The van der Waals surface area contributed by atoms with E-state index in [4.69, 9.17) is 9.73 Å². The molecule has 0 aromatic heterocycles. The minimum Gasteiger partial charge on any atom is -0.385 e. The summed E-state index contributed by atoms with van der Waals surface area (Å²) >= 11 is 0. The van der Waals surface area contributed by atoms with E-state index in [-0.39, 0.29) is 29.9 Å². The minimum absolute atomic E-state index is 0. The van der Waals surface area contributed by atoms with Crippen molar-refractivity contribution in [3.05, 3.63) is 0 Å². The molecule has 0 radical (unpaired) electrons. The Morgan fingerprint density at radius 3 is 2.39 bits per heavy atom. The smallest absolute Gasteiger partial charge is 0.219 e. The van der Waals surface area contributed by atoms with E-state index in [2.05, 4.69) is 22.5 Å². The van der Waals surface area contributed by atoms with Gasteiger partial charge in [0.2, 0.25) is 5.91 Å². The summed E-state index contributed by atoms with van der Waals surface area (Å²) in [4.78, 5) is 20.7. The van der Waals surface area contributed by atoms with Gasteiger partial charge in [0, 0.05) is 73.0 Å². The first kappa shape index (κ1) is 25.4. The molecule has 0 unspecified atom stereocenters. The molecule has 1 amide bonds. The molecule has 8 heteroatoms. The van der Waals surface area contributed by atoms with Crippen molar-refractivity contribution in [3.8, 4) is 0 Å². The van der Waals surface area contributed by atoms with E-state index < -0.39 is 0 Å². The molecule has 2 rings (SSSR count). The minimum atomic E-state index is 0. The molecule has 2 aliphatic rings. The Labute approximate surface area is 188 Å². The highest BCUT2D eigenvalue weighted by Crippen LogP contribution is 2.41. The van der Waals surface area contributed by atoms with Crippen LogP contribution in [-0.4, -0.2) is 87.7 Å². The van der Waals surface area contributed by atoms with Crippen LogP contribution in [0.25, 0.3) is 0 Å². The summed E-state index contributed by atoms with van der Waals surface area (Å²) < 4.78 is 5.33. The summed E-state index contributed by atoms with van der Waals surface area (Å²) in [6.45, 7) is 11.8. The van der Waals surface area contributed by atoms with Crippen molar-refractivity contribution in [1.29, 1.82) is 0 Å². The van der Waals surface area contributed by atoms with Crippen molar-refractivity contribution in [2.75, 3.05) is 66.1 Å². The maximum absolute atomic E-state index is 11.4. The summed E-state index contributed by atoms with van der Waals surface area (Å²) in [6, 6.07) is 0. The number of carbonyl (C=O) groups excluding carboxylic acids is 1. The molecular formula is C20H40IN5O2. The first-order valence-electron chi connectivity index (χ1n) is 10.6. The molecule has 0 aromatic carbocycles. The third-order valence-electron chi connectivity index (χ3n) is 5.96. The SMILES string of the molecule is CCNC(=NCC1(CCOC)CCCC1)NCCN1CCN(C(C)=O)CC1.I. The largest absolute Gasteiger partial charge is 0.385 e. The zero-order chi connectivity index (χ0) is 19.5. The van der Waals surface area contributed by atoms with Gasteiger partial charge in [-0.15, -0.1) is 24.0 Å². The van der Waals surface area contributed by atoms with Gasteiger partial charge in [0.05, 0.1) is 0 Å². The summed E-state index contributed by atoms with van der Waals surface area (Å²) in [5, 5.41) is 6.86. The second-order valence-corrected chi connectivity index (χ2v) is 7.92. The van der Waals surface area contributed by atoms with Gasteiger partial charge in [0.25, 0.3) is 0 Å². The fourth-order valence-electron chi connectivity index (χ4n) is 4.14. The molecule has 1 saturated heterocycles. The Morgan fingerprint density at radius 1 is 1.14 bits per heavy atom. The average Bonchev–Trinajstić information content (AvgIpc) is 3.14. The van der Waals surface area contributed by atoms with Gasteiger partial charge in [-0.25, -0.2) is 0 Å². The molecule has 0 bridgehead atoms. The van der Waals surface area contributed by atoms with Crippen LogP contribution < -0.4 is 10.6 Å². The summed E-state index contributed by atoms with van der Waals surface area (Å²) in [6.07, 6.45) is 6.26. The Bertz CT molecular complexity index is 475. The van der Waals surface area contributed by atoms with Crippen LogP contribution in [0.2, 0.25) is 0 Å². The van der Waals surface area contributed by atoms with Crippen LogP contribution >= 0.6 is 24.0 Å². The summed E-state index contributed by atoms with van der Waals surface area (Å²) in [5.41, 5.74) is 0.321. The zero-order valence-corrected chi connectivity index (χ0v) is 20.3. The van der Waals surface area contributed by atoms with E-state index in [1.807, 2.05) is 4.90 Å². The fourth-order valence-corrected chi connectivity index (χ4v) is 4.14. The van der Waals surface area contributed by atoms with Crippen molar-refractivity contribution in [2.45, 2.75) is 46.0 Å². The molecule has 1 heterocycles. The quantitative estimate of drug-likeness (QED) is 0.283. The Kier molecular flexibility index (Phi) is 12.3. The van der Waals surface area contributed by atoms with Crippen LogP contribution in [0.1, 0.15) is 46.0 Å². The monoisotopic (exact) mass is 509 g/mol. The second-order valence-electron chi connectivity index (χ2n) is 7.92. The Balaban J connectivity index is 0.00000392. The number of aliphatic imine (C=N–C) groups is 1. The van der Waals surface area contributed by atoms with Crippen molar-refractivity contribution in [1.82, 2.24) is 20.4 Å². The third kappa shape index (κ3) is 8.41. The lowest BCUT2D eigenvalue weighted by Gasteiger charge is -2.34. The highest BCUT2D eigenvalue weighted by molar-refractivity contribution is 14.0. The number of carbonyl (C=O) groups is 1. The molecule has 0 spiro atoms. The number of rotatable bonds is 9. The molecule has 1 saturated carbocycles. The van der Waals surface area contributed by atoms with Crippen LogP contribution in [0.5, 0.6) is 0 Å². The van der Waals surface area contributed by atoms with E-state index in [0.717, 1.165) is 71.3 Å². The van der Waals surface area contributed by atoms with Crippen LogP contribution in [0.4, 0.5) is 0 Å². The van der Waals surface area contributed by atoms with E-state index in [1.54, 1.807) is 14.0 Å². The van der Waals surface area contributed by atoms with Crippen LogP contribution in [-0.2, 0) is 9.53 Å². The van der Waals surface area contributed by atoms with E-state index in [1.165, 1.54) is 25.7 Å². The number of piperazine rings is 1. The molecule has 164 valence electrons. The van der Waals surface area contributed by atoms with Crippen LogP contribution in [0.15, 0.2) is 4.99 Å². The molecule has 0 atom stereocenters. The van der Waals surface area contributed by atoms with Crippen molar-refractivity contribution in [2.24, 2.45) is 10.4 Å². The lowest BCUT2D eigenvalue weighted by Crippen LogP contribution is -2.50. The average molecular weight is 509 g/mol. The number of amides is 1. The lowest BCUT2D eigenvalue weighted by molar-refractivity contribution is -0.130. The summed E-state index contributed by atoms with van der Waals surface area (Å²) in [5.74, 6) is 1.10.